The van der Waals surface area contributed by atoms with E-state index in [0.29, 0.717) is 11.3 Å². The van der Waals surface area contributed by atoms with Gasteiger partial charge in [-0.2, -0.15) is 4.39 Å². The molecule has 1 fully saturated rings. The van der Waals surface area contributed by atoms with Gasteiger partial charge in [-0.1, -0.05) is 18.2 Å². The van der Waals surface area contributed by atoms with E-state index in [1.54, 1.807) is 12.1 Å². The number of H-pyrrole nitrogens is 1. The van der Waals surface area contributed by atoms with Crippen LogP contribution in [-0.4, -0.2) is 50.2 Å². The Morgan fingerprint density at radius 2 is 1.87 bits per heavy atom. The summed E-state index contributed by atoms with van der Waals surface area (Å²) in [6, 6.07) is 5.66. The van der Waals surface area contributed by atoms with Crippen LogP contribution < -0.4 is 21.1 Å². The smallest absolute Gasteiger partial charge is 0.326 e. The van der Waals surface area contributed by atoms with Crippen LogP contribution in [0.15, 0.2) is 53.8 Å². The first-order chi connectivity index (χ1) is 18.6. The second-order valence-corrected chi connectivity index (χ2v) is 9.38. The number of carbonyl (C=O) groups is 4. The first-order valence-corrected chi connectivity index (χ1v) is 12.2. The molecule has 11 nitrogen and oxygen atoms in total. The van der Waals surface area contributed by atoms with Crippen molar-refractivity contribution < 1.29 is 37.8 Å². The van der Waals surface area contributed by atoms with E-state index in [0.717, 1.165) is 23.9 Å². The minimum Gasteiger partial charge on any atom is -0.480 e. The summed E-state index contributed by atoms with van der Waals surface area (Å²) >= 11 is 0.760. The van der Waals surface area contributed by atoms with Crippen LogP contribution in [0.3, 0.4) is 0 Å². The third kappa shape index (κ3) is 6.86. The first-order valence-electron chi connectivity index (χ1n) is 11.4. The number of carbonyl (C=O) groups excluding carboxylic acids is 3. The standard InChI is InChI=1S/C25H21F2N5O6S/c26-20-13(8-17(24(35)36)31-22(33)16(28)9-14-10-29-11-30-14)3-6-18(21(20)27)38-15-4-1-12(2-5-15)7-19-23(34)32-25(37)39-19/h1-7,10-11,16-17H,8-9,28H2,(H,29,30)(H,31,33)(H,35,36)(H,32,34,37)/b19-7+. The molecule has 0 aliphatic carbocycles. The van der Waals surface area contributed by atoms with Gasteiger partial charge >= 0.3 is 5.97 Å². The normalized spacial score (nSPS) is 15.6. The monoisotopic (exact) mass is 557 g/mol. The lowest BCUT2D eigenvalue weighted by atomic mass is 10.0. The van der Waals surface area contributed by atoms with E-state index in [1.807, 2.05) is 0 Å². The summed E-state index contributed by atoms with van der Waals surface area (Å²) in [5.74, 6) is -5.71. The minimum atomic E-state index is -1.57. The average Bonchev–Trinajstić information content (AvgIpc) is 3.52. The molecule has 3 amide bonds. The molecular weight excluding hydrogens is 536 g/mol. The lowest BCUT2D eigenvalue weighted by molar-refractivity contribution is -0.142. The molecule has 4 rings (SSSR count). The van der Waals surface area contributed by atoms with Crippen LogP contribution in [0.5, 0.6) is 11.5 Å². The van der Waals surface area contributed by atoms with E-state index < -0.39 is 58.9 Å². The number of rotatable bonds is 10. The van der Waals surface area contributed by atoms with Crippen molar-refractivity contribution in [2.75, 3.05) is 0 Å². The molecule has 0 saturated carbocycles. The average molecular weight is 558 g/mol. The number of nitrogens with one attached hydrogen (secondary N) is 3. The Balaban J connectivity index is 1.41. The van der Waals surface area contributed by atoms with E-state index in [-0.39, 0.29) is 22.6 Å². The van der Waals surface area contributed by atoms with Gasteiger partial charge in [0.25, 0.3) is 11.1 Å². The molecule has 3 aromatic rings. The summed E-state index contributed by atoms with van der Waals surface area (Å²) in [5, 5.41) is 13.4. The summed E-state index contributed by atoms with van der Waals surface area (Å²) < 4.78 is 35.0. The van der Waals surface area contributed by atoms with Crippen LogP contribution in [0.2, 0.25) is 0 Å². The number of benzene rings is 2. The van der Waals surface area contributed by atoms with Crippen LogP contribution in [0.4, 0.5) is 13.6 Å². The molecule has 39 heavy (non-hydrogen) atoms. The molecule has 2 heterocycles. The largest absolute Gasteiger partial charge is 0.480 e. The fraction of sp³-hybridized carbons (Fsp3) is 0.160. The summed E-state index contributed by atoms with van der Waals surface area (Å²) in [6.07, 6.45) is 3.89. The molecule has 2 unspecified atom stereocenters. The number of aliphatic carboxylic acids is 1. The number of hydrogen-bond acceptors (Lipinski definition) is 8. The number of hydrogen-bond donors (Lipinski definition) is 5. The summed E-state index contributed by atoms with van der Waals surface area (Å²) in [5.41, 5.74) is 6.67. The SMILES string of the molecule is NC(Cc1cnc[nH]1)C(=O)NC(Cc1ccc(Oc2ccc(/C=C3/SC(=O)NC3=O)cc2)c(F)c1F)C(=O)O. The van der Waals surface area contributed by atoms with Crippen molar-refractivity contribution in [1.82, 2.24) is 20.6 Å². The lowest BCUT2D eigenvalue weighted by Gasteiger charge is -2.18. The number of carboxylic acid groups (broad SMARTS) is 1. The van der Waals surface area contributed by atoms with Crippen molar-refractivity contribution >= 4 is 40.9 Å². The van der Waals surface area contributed by atoms with E-state index in [2.05, 4.69) is 20.6 Å². The Hall–Kier alpha value is -4.56. The van der Waals surface area contributed by atoms with Crippen LogP contribution >= 0.6 is 11.8 Å². The molecule has 2 aromatic carbocycles. The van der Waals surface area contributed by atoms with Crippen molar-refractivity contribution in [2.45, 2.75) is 24.9 Å². The highest BCUT2D eigenvalue weighted by atomic mass is 32.2. The van der Waals surface area contributed by atoms with Crippen molar-refractivity contribution in [3.05, 3.63) is 82.3 Å². The maximum atomic E-state index is 14.8. The third-order valence-electron chi connectivity index (χ3n) is 5.54. The molecule has 14 heteroatoms. The van der Waals surface area contributed by atoms with Gasteiger partial charge in [-0.25, -0.2) is 14.2 Å². The fourth-order valence-electron chi connectivity index (χ4n) is 3.56. The first kappa shape index (κ1) is 27.5. The second-order valence-electron chi connectivity index (χ2n) is 8.37. The van der Waals surface area contributed by atoms with Gasteiger partial charge in [0.1, 0.15) is 11.8 Å². The van der Waals surface area contributed by atoms with Crippen LogP contribution in [0.25, 0.3) is 6.08 Å². The molecule has 6 N–H and O–H groups in total. The summed E-state index contributed by atoms with van der Waals surface area (Å²) in [7, 11) is 0. The molecule has 2 atom stereocenters. The molecule has 1 aromatic heterocycles. The number of carboxylic acids is 1. The lowest BCUT2D eigenvalue weighted by Crippen LogP contribution is -2.50. The maximum absolute atomic E-state index is 14.8. The van der Waals surface area contributed by atoms with Crippen LogP contribution in [-0.2, 0) is 27.2 Å². The fourth-order valence-corrected chi connectivity index (χ4v) is 4.25. The maximum Gasteiger partial charge on any atom is 0.326 e. The number of amides is 3. The highest BCUT2D eigenvalue weighted by Gasteiger charge is 2.27. The van der Waals surface area contributed by atoms with Gasteiger partial charge in [-0.05, 0) is 47.2 Å². The zero-order valence-electron chi connectivity index (χ0n) is 19.9. The molecular formula is C25H21F2N5O6S. The van der Waals surface area contributed by atoms with Gasteiger partial charge in [-0.3, -0.25) is 19.7 Å². The number of ether oxygens (including phenoxy) is 1. The number of aromatic amines is 1. The molecule has 0 bridgehead atoms. The van der Waals surface area contributed by atoms with Crippen molar-refractivity contribution in [2.24, 2.45) is 5.73 Å². The number of aromatic nitrogens is 2. The number of imide groups is 1. The molecule has 1 aliphatic heterocycles. The van der Waals surface area contributed by atoms with Gasteiger partial charge < -0.3 is 25.9 Å². The van der Waals surface area contributed by atoms with E-state index >= 15 is 0 Å². The molecule has 1 saturated heterocycles. The highest BCUT2D eigenvalue weighted by molar-refractivity contribution is 8.18. The van der Waals surface area contributed by atoms with Gasteiger partial charge in [0, 0.05) is 24.7 Å². The van der Waals surface area contributed by atoms with Gasteiger partial charge in [0.15, 0.2) is 11.6 Å². The Bertz CT molecular complexity index is 1450. The number of imidazole rings is 1. The van der Waals surface area contributed by atoms with E-state index in [9.17, 15) is 33.1 Å². The van der Waals surface area contributed by atoms with Gasteiger partial charge in [0.2, 0.25) is 11.7 Å². The summed E-state index contributed by atoms with van der Waals surface area (Å²) in [6.45, 7) is 0. The minimum absolute atomic E-state index is 0.0690. The summed E-state index contributed by atoms with van der Waals surface area (Å²) in [4.78, 5) is 53.8. The Kier molecular flexibility index (Phi) is 8.36. The number of thioether (sulfide) groups is 1. The quantitative estimate of drug-likeness (QED) is 0.234. The van der Waals surface area contributed by atoms with E-state index in [4.69, 9.17) is 10.5 Å². The predicted molar refractivity (Wildman–Crippen MR) is 136 cm³/mol. The Morgan fingerprint density at radius 1 is 1.13 bits per heavy atom. The van der Waals surface area contributed by atoms with Crippen LogP contribution in [0.1, 0.15) is 16.8 Å². The van der Waals surface area contributed by atoms with Crippen molar-refractivity contribution in [1.29, 1.82) is 0 Å². The molecule has 1 aliphatic rings. The number of nitrogens with zero attached hydrogens (tertiary/aromatic N) is 1. The molecule has 0 radical (unpaired) electrons. The van der Waals surface area contributed by atoms with Crippen molar-refractivity contribution in [3.8, 4) is 11.5 Å². The number of nitrogens with two attached hydrogens (primary N) is 1. The van der Waals surface area contributed by atoms with Gasteiger partial charge in [-0.15, -0.1) is 0 Å². The number of halogens is 2. The predicted octanol–water partition coefficient (Wildman–Crippen LogP) is 2.49. The highest BCUT2D eigenvalue weighted by Crippen LogP contribution is 2.30. The van der Waals surface area contributed by atoms with E-state index in [1.165, 1.54) is 30.7 Å². The zero-order chi connectivity index (χ0) is 28.1. The van der Waals surface area contributed by atoms with Gasteiger partial charge in [0.05, 0.1) is 17.3 Å². The zero-order valence-corrected chi connectivity index (χ0v) is 20.8. The topological polar surface area (TPSA) is 176 Å². The third-order valence-corrected chi connectivity index (χ3v) is 6.36. The molecule has 0 spiro atoms. The Labute approximate surface area is 223 Å². The Morgan fingerprint density at radius 3 is 2.49 bits per heavy atom. The van der Waals surface area contributed by atoms with Crippen LogP contribution in [0, 0.1) is 11.6 Å². The second kappa shape index (κ2) is 11.9. The van der Waals surface area contributed by atoms with Crippen molar-refractivity contribution in [3.63, 3.8) is 0 Å². The molecule has 202 valence electrons.